The van der Waals surface area contributed by atoms with Crippen LogP contribution in [0.3, 0.4) is 0 Å². The molecule has 3 heteroatoms. The zero-order valence-corrected chi connectivity index (χ0v) is 10.8. The summed E-state index contributed by atoms with van der Waals surface area (Å²) in [7, 11) is 2.16. The van der Waals surface area contributed by atoms with Crippen molar-refractivity contribution in [3.8, 4) is 0 Å². The van der Waals surface area contributed by atoms with Crippen LogP contribution in [-0.2, 0) is 4.79 Å². The summed E-state index contributed by atoms with van der Waals surface area (Å²) < 4.78 is 0. The third-order valence-corrected chi connectivity index (χ3v) is 5.14. The summed E-state index contributed by atoms with van der Waals surface area (Å²) in [5.41, 5.74) is 0. The normalized spacial score (nSPS) is 38.5. The van der Waals surface area contributed by atoms with E-state index in [4.69, 9.17) is 0 Å². The number of carbonyl (C=O) groups is 1. The highest BCUT2D eigenvalue weighted by molar-refractivity contribution is 5.79. The van der Waals surface area contributed by atoms with Gasteiger partial charge in [0.05, 0.1) is 0 Å². The first-order valence-electron chi connectivity index (χ1n) is 7.21. The molecular formula is C14H24N2O. The fourth-order valence-electron chi connectivity index (χ4n) is 4.03. The number of fused-ring (bicyclic) bond motifs is 2. The molecule has 3 nitrogen and oxygen atoms in total. The molecule has 1 heterocycles. The number of carbonyl (C=O) groups excluding carboxylic acids is 1. The minimum atomic E-state index is 0.355. The van der Waals surface area contributed by atoms with Crippen LogP contribution in [0.5, 0.6) is 0 Å². The fraction of sp³-hybridized carbons (Fsp3) is 0.929. The van der Waals surface area contributed by atoms with Crippen LogP contribution in [0, 0.1) is 17.8 Å². The topological polar surface area (TPSA) is 32.3 Å². The highest BCUT2D eigenvalue weighted by Gasteiger charge is 2.43. The van der Waals surface area contributed by atoms with Gasteiger partial charge in [-0.25, -0.2) is 0 Å². The molecule has 96 valence electrons. The molecule has 3 rings (SSSR count). The van der Waals surface area contributed by atoms with E-state index in [0.29, 0.717) is 23.8 Å². The van der Waals surface area contributed by atoms with E-state index >= 15 is 0 Å². The van der Waals surface area contributed by atoms with E-state index < -0.39 is 0 Å². The van der Waals surface area contributed by atoms with Gasteiger partial charge in [0.1, 0.15) is 0 Å². The van der Waals surface area contributed by atoms with E-state index in [9.17, 15) is 4.79 Å². The van der Waals surface area contributed by atoms with Crippen LogP contribution >= 0.6 is 0 Å². The molecule has 3 fully saturated rings. The van der Waals surface area contributed by atoms with E-state index in [-0.39, 0.29) is 0 Å². The third-order valence-electron chi connectivity index (χ3n) is 5.14. The van der Waals surface area contributed by atoms with Crippen molar-refractivity contribution in [2.75, 3.05) is 20.1 Å². The maximum atomic E-state index is 12.3. The number of hydrogen-bond donors (Lipinski definition) is 1. The molecule has 0 spiro atoms. The van der Waals surface area contributed by atoms with Crippen LogP contribution in [0.2, 0.25) is 0 Å². The molecule has 17 heavy (non-hydrogen) atoms. The first-order chi connectivity index (χ1) is 8.22. The molecule has 2 saturated carbocycles. The number of hydrogen-bond acceptors (Lipinski definition) is 2. The van der Waals surface area contributed by atoms with Crippen molar-refractivity contribution in [3.63, 3.8) is 0 Å². The maximum Gasteiger partial charge on any atom is 0.223 e. The summed E-state index contributed by atoms with van der Waals surface area (Å²) in [6.07, 6.45) is 7.43. The van der Waals surface area contributed by atoms with Gasteiger partial charge >= 0.3 is 0 Å². The van der Waals surface area contributed by atoms with Crippen molar-refractivity contribution in [2.24, 2.45) is 17.8 Å². The largest absolute Gasteiger partial charge is 0.353 e. The predicted molar refractivity (Wildman–Crippen MR) is 67.6 cm³/mol. The lowest BCUT2D eigenvalue weighted by atomic mass is 9.88. The molecule has 1 N–H and O–H groups in total. The van der Waals surface area contributed by atoms with Crippen LogP contribution in [0.4, 0.5) is 0 Å². The Labute approximate surface area is 104 Å². The Bertz CT molecular complexity index is 297. The van der Waals surface area contributed by atoms with E-state index in [2.05, 4.69) is 17.3 Å². The van der Waals surface area contributed by atoms with Crippen molar-refractivity contribution in [3.05, 3.63) is 0 Å². The van der Waals surface area contributed by atoms with Crippen LogP contribution in [0.15, 0.2) is 0 Å². The van der Waals surface area contributed by atoms with Crippen LogP contribution in [0.1, 0.15) is 38.5 Å². The molecule has 3 atom stereocenters. The molecule has 0 aromatic rings. The second-order valence-electron chi connectivity index (χ2n) is 6.37. The Kier molecular flexibility index (Phi) is 3.12. The quantitative estimate of drug-likeness (QED) is 0.790. The fourth-order valence-corrected chi connectivity index (χ4v) is 4.03. The second kappa shape index (κ2) is 4.60. The Morgan fingerprint density at radius 3 is 2.47 bits per heavy atom. The molecule has 0 aromatic carbocycles. The average molecular weight is 236 g/mol. The summed E-state index contributed by atoms with van der Waals surface area (Å²) in [4.78, 5) is 14.6. The van der Waals surface area contributed by atoms with Crippen LogP contribution < -0.4 is 5.32 Å². The Hall–Kier alpha value is -0.570. The van der Waals surface area contributed by atoms with Gasteiger partial charge in [-0.05, 0) is 64.1 Å². The highest BCUT2D eigenvalue weighted by Crippen LogP contribution is 2.48. The second-order valence-corrected chi connectivity index (χ2v) is 6.37. The molecule has 0 aromatic heterocycles. The lowest BCUT2D eigenvalue weighted by Crippen LogP contribution is -2.46. The highest BCUT2D eigenvalue weighted by atomic mass is 16.2. The maximum absolute atomic E-state index is 12.3. The van der Waals surface area contributed by atoms with E-state index in [1.165, 1.54) is 25.7 Å². The Balaban J connectivity index is 1.50. The van der Waals surface area contributed by atoms with Crippen LogP contribution in [0.25, 0.3) is 0 Å². The van der Waals surface area contributed by atoms with Gasteiger partial charge in [0.15, 0.2) is 0 Å². The third kappa shape index (κ3) is 2.35. The zero-order valence-electron chi connectivity index (χ0n) is 10.8. The molecule has 1 aliphatic heterocycles. The van der Waals surface area contributed by atoms with Gasteiger partial charge in [0.2, 0.25) is 5.91 Å². The average Bonchev–Trinajstić information content (AvgIpc) is 2.94. The summed E-state index contributed by atoms with van der Waals surface area (Å²) in [5.74, 6) is 2.31. The van der Waals surface area contributed by atoms with Gasteiger partial charge in [-0.1, -0.05) is 6.42 Å². The lowest BCUT2D eigenvalue weighted by Gasteiger charge is -2.31. The molecule has 2 bridgehead atoms. The molecule has 0 radical (unpaired) electrons. The lowest BCUT2D eigenvalue weighted by molar-refractivity contribution is -0.127. The van der Waals surface area contributed by atoms with Crippen molar-refractivity contribution >= 4 is 5.91 Å². The summed E-state index contributed by atoms with van der Waals surface area (Å²) >= 11 is 0. The van der Waals surface area contributed by atoms with Gasteiger partial charge in [-0.15, -0.1) is 0 Å². The molecule has 2 aliphatic carbocycles. The summed E-state index contributed by atoms with van der Waals surface area (Å²) in [6.45, 7) is 2.25. The number of piperidine rings is 1. The van der Waals surface area contributed by atoms with E-state index in [0.717, 1.165) is 31.8 Å². The number of rotatable bonds is 2. The van der Waals surface area contributed by atoms with E-state index in [1.807, 2.05) is 0 Å². The molecule has 1 amide bonds. The van der Waals surface area contributed by atoms with Crippen molar-refractivity contribution < 1.29 is 4.79 Å². The smallest absolute Gasteiger partial charge is 0.223 e. The SMILES string of the molecule is CN1CCC(NC(=O)C2CC3CCC2C3)CC1. The molecule has 1 saturated heterocycles. The first-order valence-corrected chi connectivity index (χ1v) is 7.21. The molecular weight excluding hydrogens is 212 g/mol. The van der Waals surface area contributed by atoms with Crippen molar-refractivity contribution in [1.82, 2.24) is 10.2 Å². The van der Waals surface area contributed by atoms with Crippen molar-refractivity contribution in [2.45, 2.75) is 44.6 Å². The minimum Gasteiger partial charge on any atom is -0.353 e. The first kappa shape index (κ1) is 11.5. The number of likely N-dealkylation sites (tertiary alicyclic amines) is 1. The summed E-state index contributed by atoms with van der Waals surface area (Å²) in [5, 5.41) is 3.30. The standard InChI is InChI=1S/C14H24N2O/c1-16-6-4-12(5-7-16)15-14(17)13-9-10-2-3-11(13)8-10/h10-13H,2-9H2,1H3,(H,15,17). The molecule has 3 aliphatic rings. The van der Waals surface area contributed by atoms with Crippen LogP contribution in [-0.4, -0.2) is 37.0 Å². The summed E-state index contributed by atoms with van der Waals surface area (Å²) in [6, 6.07) is 0.442. The number of amides is 1. The van der Waals surface area contributed by atoms with Gasteiger partial charge in [-0.3, -0.25) is 4.79 Å². The van der Waals surface area contributed by atoms with Gasteiger partial charge in [0, 0.05) is 12.0 Å². The number of nitrogens with zero attached hydrogens (tertiary/aromatic N) is 1. The Morgan fingerprint density at radius 2 is 1.88 bits per heavy atom. The Morgan fingerprint density at radius 1 is 1.12 bits per heavy atom. The van der Waals surface area contributed by atoms with Gasteiger partial charge in [0.25, 0.3) is 0 Å². The minimum absolute atomic E-state index is 0.355. The monoisotopic (exact) mass is 236 g/mol. The molecule has 3 unspecified atom stereocenters. The van der Waals surface area contributed by atoms with Gasteiger partial charge in [-0.2, -0.15) is 0 Å². The van der Waals surface area contributed by atoms with Gasteiger partial charge < -0.3 is 10.2 Å². The van der Waals surface area contributed by atoms with E-state index in [1.54, 1.807) is 0 Å². The predicted octanol–water partition coefficient (Wildman–Crippen LogP) is 1.63. The number of nitrogens with one attached hydrogen (secondary N) is 1. The van der Waals surface area contributed by atoms with Crippen molar-refractivity contribution in [1.29, 1.82) is 0 Å². The zero-order chi connectivity index (χ0) is 11.8.